The molecule has 3 heterocycles. The normalized spacial score (nSPS) is 27.3. The Bertz CT molecular complexity index is 762. The summed E-state index contributed by atoms with van der Waals surface area (Å²) in [4.78, 5) is 2.48. The SMILES string of the molecule is COc1cc2c(cc1CN1C[C@H]3CC[C@@H]1CN(S(C)(=O)=O)C3)CCC2. The number of hydrogen-bond donors (Lipinski definition) is 0. The number of sulfonamides is 1. The van der Waals surface area contributed by atoms with Crippen LogP contribution >= 0.6 is 0 Å². The Morgan fingerprint density at radius 3 is 2.60 bits per heavy atom. The van der Waals surface area contributed by atoms with Crippen LogP contribution in [0.25, 0.3) is 0 Å². The fourth-order valence-electron chi connectivity index (χ4n) is 4.79. The standard InChI is InChI=1S/C19H28N2O3S/c1-24-19-9-16-5-3-4-15(16)8-17(19)12-20-10-14-6-7-18(20)13-21(11-14)25(2,22)23/h8-9,14,18H,3-7,10-13H2,1-2H3/t14-,18-/m1/s1. The first-order valence-corrected chi connectivity index (χ1v) is 11.2. The summed E-state index contributed by atoms with van der Waals surface area (Å²) in [6.07, 6.45) is 7.12. The number of piperidine rings is 1. The number of aryl methyl sites for hydroxylation is 2. The molecule has 2 atom stereocenters. The van der Waals surface area contributed by atoms with Gasteiger partial charge in [-0.25, -0.2) is 12.7 Å². The molecule has 0 radical (unpaired) electrons. The van der Waals surface area contributed by atoms with Gasteiger partial charge in [0.25, 0.3) is 0 Å². The summed E-state index contributed by atoms with van der Waals surface area (Å²) in [5, 5.41) is 0. The van der Waals surface area contributed by atoms with Crippen LogP contribution in [-0.4, -0.2) is 56.7 Å². The van der Waals surface area contributed by atoms with Crippen LogP contribution in [0.4, 0.5) is 0 Å². The van der Waals surface area contributed by atoms with Crippen LogP contribution in [0.1, 0.15) is 36.0 Å². The molecule has 3 fully saturated rings. The number of nitrogens with zero attached hydrogens (tertiary/aromatic N) is 2. The van der Waals surface area contributed by atoms with Crippen molar-refractivity contribution in [3.8, 4) is 5.75 Å². The topological polar surface area (TPSA) is 49.9 Å². The quantitative estimate of drug-likeness (QED) is 0.820. The molecule has 0 N–H and O–H groups in total. The molecule has 6 heteroatoms. The fraction of sp³-hybridized carbons (Fsp3) is 0.684. The summed E-state index contributed by atoms with van der Waals surface area (Å²) in [5.41, 5.74) is 4.15. The van der Waals surface area contributed by atoms with E-state index in [1.807, 2.05) is 0 Å². The molecule has 0 saturated carbocycles. The Morgan fingerprint density at radius 1 is 1.12 bits per heavy atom. The average Bonchev–Trinajstić information content (AvgIpc) is 2.80. The second-order valence-corrected chi connectivity index (χ2v) is 9.88. The first kappa shape index (κ1) is 17.3. The van der Waals surface area contributed by atoms with Gasteiger partial charge in [-0.15, -0.1) is 0 Å². The smallest absolute Gasteiger partial charge is 0.211 e. The Balaban J connectivity index is 1.57. The zero-order chi connectivity index (χ0) is 17.6. The van der Waals surface area contributed by atoms with E-state index in [0.717, 1.165) is 38.1 Å². The van der Waals surface area contributed by atoms with Gasteiger partial charge in [-0.05, 0) is 55.2 Å². The minimum atomic E-state index is -3.11. The molecule has 0 unspecified atom stereocenters. The van der Waals surface area contributed by atoms with Crippen molar-refractivity contribution in [3.63, 3.8) is 0 Å². The summed E-state index contributed by atoms with van der Waals surface area (Å²) in [5.74, 6) is 1.43. The highest BCUT2D eigenvalue weighted by Gasteiger charge is 2.37. The predicted octanol–water partition coefficient (Wildman–Crippen LogP) is 2.04. The molecule has 138 valence electrons. The third kappa shape index (κ3) is 3.44. The lowest BCUT2D eigenvalue weighted by Gasteiger charge is -2.36. The van der Waals surface area contributed by atoms with Crippen LogP contribution in [0, 0.1) is 5.92 Å². The molecule has 0 aromatic heterocycles. The highest BCUT2D eigenvalue weighted by molar-refractivity contribution is 7.88. The van der Waals surface area contributed by atoms with Crippen molar-refractivity contribution in [1.82, 2.24) is 9.21 Å². The molecule has 5 rings (SSSR count). The molecule has 1 aliphatic carbocycles. The zero-order valence-corrected chi connectivity index (χ0v) is 16.0. The van der Waals surface area contributed by atoms with E-state index in [0.29, 0.717) is 25.0 Å². The molecular formula is C19H28N2O3S. The van der Waals surface area contributed by atoms with E-state index in [2.05, 4.69) is 17.0 Å². The lowest BCUT2D eigenvalue weighted by Crippen LogP contribution is -2.43. The largest absolute Gasteiger partial charge is 0.496 e. The van der Waals surface area contributed by atoms with Crippen LogP contribution in [0.15, 0.2) is 12.1 Å². The fourth-order valence-corrected chi connectivity index (χ4v) is 5.71. The Hall–Kier alpha value is -1.11. The number of methoxy groups -OCH3 is 1. The first-order valence-electron chi connectivity index (χ1n) is 9.32. The van der Waals surface area contributed by atoms with Crippen molar-refractivity contribution in [3.05, 3.63) is 28.8 Å². The number of benzene rings is 1. The van der Waals surface area contributed by atoms with E-state index >= 15 is 0 Å². The monoisotopic (exact) mass is 364 g/mol. The third-order valence-corrected chi connectivity index (χ3v) is 7.37. The molecular weight excluding hydrogens is 336 g/mol. The Kier molecular flexibility index (Phi) is 4.54. The van der Waals surface area contributed by atoms with E-state index in [9.17, 15) is 8.42 Å². The highest BCUT2D eigenvalue weighted by Crippen LogP contribution is 2.34. The second-order valence-electron chi connectivity index (χ2n) is 7.89. The molecule has 1 aromatic rings. The van der Waals surface area contributed by atoms with Crippen molar-refractivity contribution < 1.29 is 13.2 Å². The van der Waals surface area contributed by atoms with E-state index in [1.54, 1.807) is 11.4 Å². The van der Waals surface area contributed by atoms with Crippen LogP contribution in [0.2, 0.25) is 0 Å². The second kappa shape index (κ2) is 6.56. The molecule has 3 aliphatic heterocycles. The number of fused-ring (bicyclic) bond motifs is 5. The van der Waals surface area contributed by atoms with Gasteiger partial charge in [-0.2, -0.15) is 0 Å². The van der Waals surface area contributed by atoms with Crippen molar-refractivity contribution in [2.24, 2.45) is 5.92 Å². The zero-order valence-electron chi connectivity index (χ0n) is 15.2. The maximum Gasteiger partial charge on any atom is 0.211 e. The number of ether oxygens (including phenoxy) is 1. The number of rotatable bonds is 4. The summed E-state index contributed by atoms with van der Waals surface area (Å²) in [6, 6.07) is 4.86. The van der Waals surface area contributed by atoms with Gasteiger partial charge in [0, 0.05) is 37.8 Å². The van der Waals surface area contributed by atoms with E-state index < -0.39 is 10.0 Å². The summed E-state index contributed by atoms with van der Waals surface area (Å²) >= 11 is 0. The van der Waals surface area contributed by atoms with Gasteiger partial charge in [0.2, 0.25) is 10.0 Å². The predicted molar refractivity (Wildman–Crippen MR) is 98.4 cm³/mol. The van der Waals surface area contributed by atoms with Gasteiger partial charge in [0.15, 0.2) is 0 Å². The third-order valence-electron chi connectivity index (χ3n) is 6.13. The first-order chi connectivity index (χ1) is 11.9. The Morgan fingerprint density at radius 2 is 1.88 bits per heavy atom. The summed E-state index contributed by atoms with van der Waals surface area (Å²) in [7, 11) is -1.36. The molecule has 3 saturated heterocycles. The van der Waals surface area contributed by atoms with E-state index in [-0.39, 0.29) is 0 Å². The van der Waals surface area contributed by atoms with Crippen LogP contribution < -0.4 is 4.74 Å². The minimum Gasteiger partial charge on any atom is -0.496 e. The molecule has 0 spiro atoms. The molecule has 25 heavy (non-hydrogen) atoms. The van der Waals surface area contributed by atoms with Crippen molar-refractivity contribution in [1.29, 1.82) is 0 Å². The van der Waals surface area contributed by atoms with Gasteiger partial charge >= 0.3 is 0 Å². The van der Waals surface area contributed by atoms with Crippen molar-refractivity contribution in [2.75, 3.05) is 33.0 Å². The van der Waals surface area contributed by atoms with Gasteiger partial charge in [-0.1, -0.05) is 6.07 Å². The average molecular weight is 365 g/mol. The summed E-state index contributed by atoms with van der Waals surface area (Å²) in [6.45, 7) is 3.14. The van der Waals surface area contributed by atoms with Gasteiger partial charge in [0.1, 0.15) is 5.75 Å². The number of hydrogen-bond acceptors (Lipinski definition) is 4. The summed E-state index contributed by atoms with van der Waals surface area (Å²) < 4.78 is 31.4. The van der Waals surface area contributed by atoms with Crippen molar-refractivity contribution >= 4 is 10.0 Å². The lowest BCUT2D eigenvalue weighted by molar-refractivity contribution is 0.124. The lowest BCUT2D eigenvalue weighted by atomic mass is 9.94. The molecule has 2 bridgehead atoms. The van der Waals surface area contributed by atoms with Gasteiger partial charge in [-0.3, -0.25) is 4.90 Å². The van der Waals surface area contributed by atoms with E-state index in [1.165, 1.54) is 35.8 Å². The molecule has 1 aromatic carbocycles. The maximum absolute atomic E-state index is 12.0. The molecule has 0 amide bonds. The molecule has 4 aliphatic rings. The van der Waals surface area contributed by atoms with Crippen LogP contribution in [-0.2, 0) is 29.4 Å². The van der Waals surface area contributed by atoms with Gasteiger partial charge < -0.3 is 4.74 Å². The van der Waals surface area contributed by atoms with Crippen LogP contribution in [0.3, 0.4) is 0 Å². The van der Waals surface area contributed by atoms with Crippen LogP contribution in [0.5, 0.6) is 5.75 Å². The minimum absolute atomic E-state index is 0.312. The maximum atomic E-state index is 12.0. The highest BCUT2D eigenvalue weighted by atomic mass is 32.2. The van der Waals surface area contributed by atoms with Gasteiger partial charge in [0.05, 0.1) is 13.4 Å². The Labute approximate surface area is 151 Å². The van der Waals surface area contributed by atoms with E-state index in [4.69, 9.17) is 4.74 Å². The van der Waals surface area contributed by atoms with Crippen molar-refractivity contribution in [2.45, 2.75) is 44.7 Å². The molecule has 5 nitrogen and oxygen atoms in total.